The molecule has 2 aromatic rings. The summed E-state index contributed by atoms with van der Waals surface area (Å²) in [6, 6.07) is 7.85. The summed E-state index contributed by atoms with van der Waals surface area (Å²) in [5.41, 5.74) is 0.484. The van der Waals surface area contributed by atoms with E-state index in [2.05, 4.69) is 12.2 Å². The van der Waals surface area contributed by atoms with Crippen LogP contribution in [0, 0.1) is 5.92 Å². The predicted octanol–water partition coefficient (Wildman–Crippen LogP) is 4.98. The van der Waals surface area contributed by atoms with Crippen molar-refractivity contribution in [3.63, 3.8) is 0 Å². The van der Waals surface area contributed by atoms with E-state index in [9.17, 15) is 9.59 Å². The van der Waals surface area contributed by atoms with Gasteiger partial charge in [0.1, 0.15) is 0 Å². The zero-order valence-electron chi connectivity index (χ0n) is 15.6. The Bertz CT molecular complexity index is 780. The quantitative estimate of drug-likeness (QED) is 0.547. The summed E-state index contributed by atoms with van der Waals surface area (Å²) in [7, 11) is 0. The maximum Gasteiger partial charge on any atom is 0.340 e. The van der Waals surface area contributed by atoms with Gasteiger partial charge in [-0.2, -0.15) is 0 Å². The standard InChI is InChI=1S/C21H25NO3S2/c1-14-7-3-4-9-18(14)22-20(23)15(2)25-21(24)17(19-10-6-12-27-19)13-16-8-5-11-26-16/h5-6,8,10-15,18H,3-4,7,9H2,1-2H3,(H,22,23)/b17-13+/t14-,15+,18+/m0/s1. The molecule has 6 heteroatoms. The van der Waals surface area contributed by atoms with E-state index in [0.717, 1.165) is 29.0 Å². The number of rotatable bonds is 6. The van der Waals surface area contributed by atoms with Gasteiger partial charge in [-0.3, -0.25) is 4.79 Å². The maximum atomic E-state index is 12.8. The highest BCUT2D eigenvalue weighted by Crippen LogP contribution is 2.27. The van der Waals surface area contributed by atoms with Crippen LogP contribution in [0.25, 0.3) is 11.6 Å². The molecule has 1 aliphatic rings. The van der Waals surface area contributed by atoms with E-state index in [4.69, 9.17) is 4.74 Å². The number of esters is 1. The Balaban J connectivity index is 1.67. The lowest BCUT2D eigenvalue weighted by molar-refractivity contribution is -0.149. The third-order valence-electron chi connectivity index (χ3n) is 4.93. The van der Waals surface area contributed by atoms with E-state index in [1.165, 1.54) is 17.8 Å². The van der Waals surface area contributed by atoms with Crippen LogP contribution in [0.2, 0.25) is 0 Å². The summed E-state index contributed by atoms with van der Waals surface area (Å²) in [4.78, 5) is 27.1. The lowest BCUT2D eigenvalue weighted by atomic mass is 9.86. The molecule has 0 aliphatic heterocycles. The molecule has 2 heterocycles. The molecule has 144 valence electrons. The van der Waals surface area contributed by atoms with Gasteiger partial charge >= 0.3 is 5.97 Å². The van der Waals surface area contributed by atoms with E-state index in [1.807, 2.05) is 41.1 Å². The van der Waals surface area contributed by atoms with E-state index in [-0.39, 0.29) is 11.9 Å². The Morgan fingerprint density at radius 1 is 1.19 bits per heavy atom. The molecule has 0 radical (unpaired) electrons. The zero-order valence-corrected chi connectivity index (χ0v) is 17.3. The molecule has 1 aliphatic carbocycles. The summed E-state index contributed by atoms with van der Waals surface area (Å²) < 4.78 is 5.52. The summed E-state index contributed by atoms with van der Waals surface area (Å²) >= 11 is 3.04. The Kier molecular flexibility index (Phi) is 6.85. The molecular weight excluding hydrogens is 378 g/mol. The predicted molar refractivity (Wildman–Crippen MR) is 112 cm³/mol. The number of hydrogen-bond acceptors (Lipinski definition) is 5. The fourth-order valence-corrected chi connectivity index (χ4v) is 4.67. The first-order chi connectivity index (χ1) is 13.0. The SMILES string of the molecule is C[C@@H](OC(=O)/C(=C/c1cccs1)c1cccs1)C(=O)N[C@@H]1CCCC[C@@H]1C. The highest BCUT2D eigenvalue weighted by atomic mass is 32.1. The molecule has 0 spiro atoms. The van der Waals surface area contributed by atoms with Crippen molar-refractivity contribution in [1.29, 1.82) is 0 Å². The van der Waals surface area contributed by atoms with Gasteiger partial charge in [0.2, 0.25) is 0 Å². The topological polar surface area (TPSA) is 55.4 Å². The smallest absolute Gasteiger partial charge is 0.340 e. The minimum atomic E-state index is -0.821. The Hall–Kier alpha value is -1.92. The first-order valence-corrected chi connectivity index (χ1v) is 11.1. The third kappa shape index (κ3) is 5.30. The van der Waals surface area contributed by atoms with Crippen molar-refractivity contribution in [2.24, 2.45) is 5.92 Å². The molecule has 4 nitrogen and oxygen atoms in total. The number of hydrogen-bond donors (Lipinski definition) is 1. The van der Waals surface area contributed by atoms with Gasteiger partial charge in [-0.05, 0) is 54.7 Å². The maximum absolute atomic E-state index is 12.8. The molecule has 2 aromatic heterocycles. The van der Waals surface area contributed by atoms with Crippen LogP contribution in [0.3, 0.4) is 0 Å². The summed E-state index contributed by atoms with van der Waals surface area (Å²) in [6.07, 6.45) is 5.48. The van der Waals surface area contributed by atoms with Gasteiger partial charge in [-0.15, -0.1) is 22.7 Å². The number of thiophene rings is 2. The Morgan fingerprint density at radius 2 is 1.93 bits per heavy atom. The molecule has 0 unspecified atom stereocenters. The van der Waals surface area contributed by atoms with E-state index < -0.39 is 12.1 Å². The van der Waals surface area contributed by atoms with Gasteiger partial charge in [0, 0.05) is 15.8 Å². The molecule has 1 fully saturated rings. The minimum Gasteiger partial charge on any atom is -0.449 e. The summed E-state index contributed by atoms with van der Waals surface area (Å²) in [6.45, 7) is 3.80. The van der Waals surface area contributed by atoms with E-state index >= 15 is 0 Å². The van der Waals surface area contributed by atoms with Crippen LogP contribution in [-0.2, 0) is 14.3 Å². The minimum absolute atomic E-state index is 0.172. The molecule has 1 saturated carbocycles. The van der Waals surface area contributed by atoms with Crippen LogP contribution in [0.1, 0.15) is 49.3 Å². The molecule has 0 saturated heterocycles. The van der Waals surface area contributed by atoms with Crippen LogP contribution < -0.4 is 5.32 Å². The van der Waals surface area contributed by atoms with Crippen LogP contribution in [0.5, 0.6) is 0 Å². The van der Waals surface area contributed by atoms with Gasteiger partial charge < -0.3 is 10.1 Å². The number of nitrogens with one attached hydrogen (secondary N) is 1. The molecule has 1 N–H and O–H groups in total. The number of carbonyl (C=O) groups is 2. The first-order valence-electron chi connectivity index (χ1n) is 9.35. The molecule has 1 amide bonds. The highest BCUT2D eigenvalue weighted by Gasteiger charge is 2.27. The number of ether oxygens (including phenoxy) is 1. The molecule has 0 aromatic carbocycles. The van der Waals surface area contributed by atoms with Crippen LogP contribution >= 0.6 is 22.7 Å². The fourth-order valence-electron chi connectivity index (χ4n) is 3.29. The second kappa shape index (κ2) is 9.33. The second-order valence-corrected chi connectivity index (χ2v) is 8.90. The van der Waals surface area contributed by atoms with Crippen molar-refractivity contribution in [3.05, 3.63) is 44.8 Å². The fraction of sp³-hybridized carbons (Fsp3) is 0.429. The van der Waals surface area contributed by atoms with Crippen LogP contribution in [0.15, 0.2) is 35.0 Å². The lowest BCUT2D eigenvalue weighted by Crippen LogP contribution is -2.46. The average molecular weight is 404 g/mol. The van der Waals surface area contributed by atoms with Gasteiger partial charge in [0.05, 0.1) is 5.57 Å². The van der Waals surface area contributed by atoms with Gasteiger partial charge in [0.25, 0.3) is 5.91 Å². The second-order valence-electron chi connectivity index (χ2n) is 6.98. The average Bonchev–Trinajstić information content (AvgIpc) is 3.35. The zero-order chi connectivity index (χ0) is 19.2. The molecule has 3 rings (SSSR count). The lowest BCUT2D eigenvalue weighted by Gasteiger charge is -2.30. The highest BCUT2D eigenvalue weighted by molar-refractivity contribution is 7.12. The number of carbonyl (C=O) groups excluding carboxylic acids is 2. The van der Waals surface area contributed by atoms with Crippen molar-refractivity contribution in [2.75, 3.05) is 0 Å². The third-order valence-corrected chi connectivity index (χ3v) is 6.65. The molecule has 3 atom stereocenters. The van der Waals surface area contributed by atoms with E-state index in [0.29, 0.717) is 11.5 Å². The van der Waals surface area contributed by atoms with Gasteiger partial charge in [-0.1, -0.05) is 31.9 Å². The largest absolute Gasteiger partial charge is 0.449 e. The van der Waals surface area contributed by atoms with Gasteiger partial charge in [0.15, 0.2) is 6.10 Å². The van der Waals surface area contributed by atoms with Crippen molar-refractivity contribution < 1.29 is 14.3 Å². The van der Waals surface area contributed by atoms with Crippen molar-refractivity contribution >= 4 is 46.2 Å². The molecular formula is C21H25NO3S2. The van der Waals surface area contributed by atoms with Crippen molar-refractivity contribution in [1.82, 2.24) is 5.32 Å². The van der Waals surface area contributed by atoms with Gasteiger partial charge in [-0.25, -0.2) is 4.79 Å². The molecule has 27 heavy (non-hydrogen) atoms. The van der Waals surface area contributed by atoms with Crippen molar-refractivity contribution in [3.8, 4) is 0 Å². The Morgan fingerprint density at radius 3 is 2.59 bits per heavy atom. The normalized spacial score (nSPS) is 21.5. The number of amides is 1. The summed E-state index contributed by atoms with van der Waals surface area (Å²) in [5.74, 6) is -0.222. The van der Waals surface area contributed by atoms with Crippen molar-refractivity contribution in [2.45, 2.75) is 51.7 Å². The van der Waals surface area contributed by atoms with Crippen LogP contribution in [0.4, 0.5) is 0 Å². The summed E-state index contributed by atoms with van der Waals surface area (Å²) in [5, 5.41) is 6.95. The van der Waals surface area contributed by atoms with E-state index in [1.54, 1.807) is 18.3 Å². The first kappa shape index (κ1) is 19.8. The molecule has 0 bridgehead atoms. The monoisotopic (exact) mass is 403 g/mol. The Labute approximate surface area is 168 Å². The van der Waals surface area contributed by atoms with Crippen LogP contribution in [-0.4, -0.2) is 24.0 Å².